The van der Waals surface area contributed by atoms with Crippen LogP contribution in [0.25, 0.3) is 0 Å². The normalized spacial score (nSPS) is 16.7. The molecule has 138 valence electrons. The van der Waals surface area contributed by atoms with Gasteiger partial charge in [-0.15, -0.1) is 5.10 Å². The number of benzene rings is 1. The lowest BCUT2D eigenvalue weighted by Gasteiger charge is -2.28. The Morgan fingerprint density at radius 1 is 1.23 bits per heavy atom. The molecule has 0 unspecified atom stereocenters. The van der Waals surface area contributed by atoms with Crippen molar-refractivity contribution in [2.24, 2.45) is 0 Å². The number of carbonyl (C=O) groups excluding carboxylic acids is 1. The summed E-state index contributed by atoms with van der Waals surface area (Å²) in [5.74, 6) is -1.92. The minimum Gasteiger partial charge on any atom is -0.480 e. The fourth-order valence-electron chi connectivity index (χ4n) is 3.31. The molecule has 3 rings (SSSR count). The zero-order valence-corrected chi connectivity index (χ0v) is 14.3. The average molecular weight is 360 g/mol. The smallest absolute Gasteiger partial charge is 0.329 e. The summed E-state index contributed by atoms with van der Waals surface area (Å²) in [6.07, 6.45) is 5.71. The van der Waals surface area contributed by atoms with Gasteiger partial charge in [0, 0.05) is 0 Å². The molecule has 0 spiro atoms. The van der Waals surface area contributed by atoms with Crippen molar-refractivity contribution in [2.75, 3.05) is 0 Å². The van der Waals surface area contributed by atoms with E-state index in [9.17, 15) is 19.1 Å². The summed E-state index contributed by atoms with van der Waals surface area (Å²) in [7, 11) is 0. The number of rotatable bonds is 5. The Hall–Kier alpha value is -2.77. The van der Waals surface area contributed by atoms with Crippen LogP contribution in [-0.4, -0.2) is 37.5 Å². The molecule has 1 aliphatic rings. The summed E-state index contributed by atoms with van der Waals surface area (Å²) in [5.41, 5.74) is -0.515. The van der Waals surface area contributed by atoms with Crippen molar-refractivity contribution >= 4 is 11.9 Å². The summed E-state index contributed by atoms with van der Waals surface area (Å²) in [6.45, 7) is 0.266. The van der Waals surface area contributed by atoms with Gasteiger partial charge in [0.1, 0.15) is 11.4 Å². The van der Waals surface area contributed by atoms with E-state index < -0.39 is 17.4 Å². The number of carboxylic acid groups (broad SMARTS) is 1. The quantitative estimate of drug-likeness (QED) is 0.798. The summed E-state index contributed by atoms with van der Waals surface area (Å²) in [4.78, 5) is 24.3. The van der Waals surface area contributed by atoms with Gasteiger partial charge in [-0.05, 0) is 30.5 Å². The first-order valence-corrected chi connectivity index (χ1v) is 8.69. The fraction of sp³-hybridized carbons (Fsp3) is 0.444. The Morgan fingerprint density at radius 2 is 1.96 bits per heavy atom. The lowest BCUT2D eigenvalue weighted by atomic mass is 9.90. The second-order valence-electron chi connectivity index (χ2n) is 6.69. The predicted octanol–water partition coefficient (Wildman–Crippen LogP) is 2.37. The molecule has 0 aliphatic heterocycles. The predicted molar refractivity (Wildman–Crippen MR) is 91.1 cm³/mol. The number of carbonyl (C=O) groups is 2. The van der Waals surface area contributed by atoms with Gasteiger partial charge in [0.2, 0.25) is 0 Å². The average Bonchev–Trinajstić information content (AvgIpc) is 2.92. The number of hydrogen-bond acceptors (Lipinski definition) is 4. The van der Waals surface area contributed by atoms with Gasteiger partial charge in [-0.2, -0.15) is 0 Å². The van der Waals surface area contributed by atoms with E-state index in [-0.39, 0.29) is 18.1 Å². The van der Waals surface area contributed by atoms with Crippen molar-refractivity contribution in [2.45, 2.75) is 50.6 Å². The Morgan fingerprint density at radius 3 is 2.62 bits per heavy atom. The largest absolute Gasteiger partial charge is 0.480 e. The van der Waals surface area contributed by atoms with Gasteiger partial charge >= 0.3 is 5.97 Å². The highest BCUT2D eigenvalue weighted by molar-refractivity contribution is 5.96. The lowest BCUT2D eigenvalue weighted by Crippen LogP contribution is -2.54. The standard InChI is InChI=1S/C18H21FN4O3/c19-14-7-5-6-13(10-14)11-23-12-15(21-22-23)16(24)20-18(17(25)26)8-3-1-2-4-9-18/h5-7,10,12H,1-4,8-9,11H2,(H,20,24)(H,25,26). The molecule has 0 saturated heterocycles. The Balaban J connectivity index is 1.71. The molecule has 2 aromatic rings. The molecule has 1 heterocycles. The topological polar surface area (TPSA) is 97.1 Å². The summed E-state index contributed by atoms with van der Waals surface area (Å²) >= 11 is 0. The summed E-state index contributed by atoms with van der Waals surface area (Å²) in [6, 6.07) is 6.07. The van der Waals surface area contributed by atoms with E-state index >= 15 is 0 Å². The minimum absolute atomic E-state index is 0.0475. The Kier molecular flexibility index (Phi) is 5.29. The third-order valence-electron chi connectivity index (χ3n) is 4.72. The first-order valence-electron chi connectivity index (χ1n) is 8.69. The molecule has 8 heteroatoms. The van der Waals surface area contributed by atoms with Crippen molar-refractivity contribution in [1.29, 1.82) is 0 Å². The van der Waals surface area contributed by atoms with E-state index in [0.717, 1.165) is 25.7 Å². The van der Waals surface area contributed by atoms with Gasteiger partial charge in [-0.3, -0.25) is 4.79 Å². The zero-order chi connectivity index (χ0) is 18.6. The number of nitrogens with one attached hydrogen (secondary N) is 1. The molecule has 0 atom stereocenters. The van der Waals surface area contributed by atoms with Crippen LogP contribution < -0.4 is 5.32 Å². The van der Waals surface area contributed by atoms with Crippen molar-refractivity contribution in [1.82, 2.24) is 20.3 Å². The third-order valence-corrected chi connectivity index (χ3v) is 4.72. The number of aliphatic carboxylic acids is 1. The van der Waals surface area contributed by atoms with E-state index in [4.69, 9.17) is 0 Å². The maximum atomic E-state index is 13.2. The second-order valence-corrected chi connectivity index (χ2v) is 6.69. The van der Waals surface area contributed by atoms with Crippen LogP contribution in [0, 0.1) is 5.82 Å². The first-order chi connectivity index (χ1) is 12.5. The Labute approximate surface area is 150 Å². The van der Waals surface area contributed by atoms with E-state index in [2.05, 4.69) is 15.6 Å². The van der Waals surface area contributed by atoms with E-state index in [1.165, 1.54) is 23.0 Å². The third kappa shape index (κ3) is 4.07. The molecule has 1 saturated carbocycles. The molecule has 0 bridgehead atoms. The SMILES string of the molecule is O=C(NC1(C(=O)O)CCCCCC1)c1cn(Cc2cccc(F)c2)nn1. The van der Waals surface area contributed by atoms with Crippen LogP contribution in [-0.2, 0) is 11.3 Å². The minimum atomic E-state index is -1.25. The van der Waals surface area contributed by atoms with Crippen LogP contribution in [0.2, 0.25) is 0 Å². The molecule has 1 aliphatic carbocycles. The van der Waals surface area contributed by atoms with Crippen molar-refractivity contribution in [3.05, 3.63) is 47.5 Å². The van der Waals surface area contributed by atoms with Gasteiger partial charge in [-0.25, -0.2) is 13.9 Å². The molecule has 26 heavy (non-hydrogen) atoms. The van der Waals surface area contributed by atoms with Gasteiger partial charge in [0.05, 0.1) is 12.7 Å². The van der Waals surface area contributed by atoms with E-state index in [0.29, 0.717) is 18.4 Å². The van der Waals surface area contributed by atoms with Gasteiger partial charge in [0.25, 0.3) is 5.91 Å². The second kappa shape index (κ2) is 7.63. The Bertz CT molecular complexity index is 797. The van der Waals surface area contributed by atoms with Crippen LogP contribution >= 0.6 is 0 Å². The van der Waals surface area contributed by atoms with Gasteiger partial charge < -0.3 is 10.4 Å². The number of nitrogens with zero attached hydrogens (tertiary/aromatic N) is 3. The first kappa shape index (κ1) is 18.0. The number of hydrogen-bond donors (Lipinski definition) is 2. The van der Waals surface area contributed by atoms with Crippen LogP contribution in [0.3, 0.4) is 0 Å². The van der Waals surface area contributed by atoms with Gasteiger partial charge in [-0.1, -0.05) is 43.0 Å². The van der Waals surface area contributed by atoms with E-state index in [1.54, 1.807) is 12.1 Å². The maximum absolute atomic E-state index is 13.2. The molecular formula is C18H21FN4O3. The molecular weight excluding hydrogens is 339 g/mol. The molecule has 1 aromatic heterocycles. The molecule has 1 amide bonds. The lowest BCUT2D eigenvalue weighted by molar-refractivity contribution is -0.145. The zero-order valence-electron chi connectivity index (χ0n) is 14.3. The van der Waals surface area contributed by atoms with Gasteiger partial charge in [0.15, 0.2) is 5.69 Å². The maximum Gasteiger partial charge on any atom is 0.329 e. The highest BCUT2D eigenvalue weighted by Gasteiger charge is 2.40. The molecule has 1 fully saturated rings. The van der Waals surface area contributed by atoms with Crippen molar-refractivity contribution in [3.8, 4) is 0 Å². The van der Waals surface area contributed by atoms with Crippen molar-refractivity contribution < 1.29 is 19.1 Å². The van der Waals surface area contributed by atoms with Crippen LogP contribution in [0.15, 0.2) is 30.5 Å². The summed E-state index contributed by atoms with van der Waals surface area (Å²) < 4.78 is 14.7. The number of carboxylic acids is 1. The molecule has 2 N–H and O–H groups in total. The number of amides is 1. The van der Waals surface area contributed by atoms with Crippen LogP contribution in [0.5, 0.6) is 0 Å². The van der Waals surface area contributed by atoms with Crippen LogP contribution in [0.4, 0.5) is 4.39 Å². The molecule has 7 nitrogen and oxygen atoms in total. The monoisotopic (exact) mass is 360 g/mol. The van der Waals surface area contributed by atoms with E-state index in [1.807, 2.05) is 0 Å². The molecule has 1 aromatic carbocycles. The number of halogens is 1. The van der Waals surface area contributed by atoms with Crippen LogP contribution in [0.1, 0.15) is 54.6 Å². The molecule has 0 radical (unpaired) electrons. The highest BCUT2D eigenvalue weighted by atomic mass is 19.1. The fourth-order valence-corrected chi connectivity index (χ4v) is 3.31. The van der Waals surface area contributed by atoms with Crippen molar-refractivity contribution in [3.63, 3.8) is 0 Å². The summed E-state index contributed by atoms with van der Waals surface area (Å²) in [5, 5.41) is 20.0. The highest BCUT2D eigenvalue weighted by Crippen LogP contribution is 2.27. The number of aromatic nitrogens is 3.